The number of carbonyl (C=O) groups is 2. The van der Waals surface area contributed by atoms with Crippen LogP contribution in [0, 0.1) is 0 Å². The molecule has 0 fully saturated rings. The molecule has 0 atom stereocenters. The lowest BCUT2D eigenvalue weighted by Crippen LogP contribution is -2.31. The minimum atomic E-state index is -0.373. The predicted octanol–water partition coefficient (Wildman–Crippen LogP) is 3.60. The number of amides is 2. The Balaban J connectivity index is 2.15. The standard InChI is InChI=1S/C17H15ClN2O2/c1-3-19(2)13-9-4-5-10-14(13)20-16(21)11-7-6-8-12(18)15(11)17(20)22/h4-10H,3H2,1-2H3. The van der Waals surface area contributed by atoms with Gasteiger partial charge >= 0.3 is 0 Å². The first-order chi connectivity index (χ1) is 10.6. The maximum atomic E-state index is 12.7. The first-order valence-electron chi connectivity index (χ1n) is 7.03. The topological polar surface area (TPSA) is 40.6 Å². The van der Waals surface area contributed by atoms with Gasteiger partial charge < -0.3 is 4.90 Å². The molecule has 0 bridgehead atoms. The third kappa shape index (κ3) is 2.07. The Labute approximate surface area is 133 Å². The second kappa shape index (κ2) is 5.46. The van der Waals surface area contributed by atoms with Crippen LogP contribution in [0.5, 0.6) is 0 Å². The zero-order chi connectivity index (χ0) is 15.9. The fourth-order valence-corrected chi connectivity index (χ4v) is 2.86. The van der Waals surface area contributed by atoms with E-state index in [1.165, 1.54) is 4.90 Å². The Morgan fingerprint density at radius 3 is 2.45 bits per heavy atom. The average molecular weight is 315 g/mol. The molecular formula is C17H15ClN2O2. The zero-order valence-electron chi connectivity index (χ0n) is 12.3. The van der Waals surface area contributed by atoms with Crippen molar-refractivity contribution < 1.29 is 9.59 Å². The third-order valence-electron chi connectivity index (χ3n) is 3.87. The molecule has 4 nitrogen and oxygen atoms in total. The molecule has 2 aromatic carbocycles. The van der Waals surface area contributed by atoms with Crippen LogP contribution in [-0.4, -0.2) is 25.4 Å². The average Bonchev–Trinajstić information content (AvgIpc) is 2.79. The van der Waals surface area contributed by atoms with Crippen LogP contribution in [0.2, 0.25) is 5.02 Å². The lowest BCUT2D eigenvalue weighted by molar-refractivity contribution is 0.0926. The van der Waals surface area contributed by atoms with E-state index >= 15 is 0 Å². The van der Waals surface area contributed by atoms with Crippen molar-refractivity contribution in [2.75, 3.05) is 23.4 Å². The maximum absolute atomic E-state index is 12.7. The van der Waals surface area contributed by atoms with E-state index in [0.29, 0.717) is 16.3 Å². The Morgan fingerprint density at radius 1 is 1.05 bits per heavy atom. The summed E-state index contributed by atoms with van der Waals surface area (Å²) >= 11 is 6.10. The molecule has 0 saturated heterocycles. The molecule has 1 aliphatic rings. The third-order valence-corrected chi connectivity index (χ3v) is 4.19. The number of anilines is 2. The van der Waals surface area contributed by atoms with Crippen LogP contribution in [0.25, 0.3) is 0 Å². The predicted molar refractivity (Wildman–Crippen MR) is 88.0 cm³/mol. The van der Waals surface area contributed by atoms with Crippen molar-refractivity contribution in [2.24, 2.45) is 0 Å². The normalized spacial score (nSPS) is 13.5. The summed E-state index contributed by atoms with van der Waals surface area (Å²) in [6, 6.07) is 12.3. The van der Waals surface area contributed by atoms with E-state index in [4.69, 9.17) is 11.6 Å². The number of para-hydroxylation sites is 2. The summed E-state index contributed by atoms with van der Waals surface area (Å²) in [4.78, 5) is 28.5. The molecular weight excluding hydrogens is 300 g/mol. The summed E-state index contributed by atoms with van der Waals surface area (Å²) in [6.45, 7) is 2.77. The van der Waals surface area contributed by atoms with Gasteiger partial charge in [-0.05, 0) is 31.2 Å². The minimum absolute atomic E-state index is 0.281. The monoisotopic (exact) mass is 314 g/mol. The van der Waals surface area contributed by atoms with E-state index in [1.54, 1.807) is 24.3 Å². The molecule has 2 amide bonds. The van der Waals surface area contributed by atoms with Crippen LogP contribution < -0.4 is 9.80 Å². The Bertz CT molecular complexity index is 773. The zero-order valence-corrected chi connectivity index (χ0v) is 13.1. The number of halogens is 1. The highest BCUT2D eigenvalue weighted by molar-refractivity contribution is 6.42. The highest BCUT2D eigenvalue weighted by Crippen LogP contribution is 2.36. The summed E-state index contributed by atoms with van der Waals surface area (Å²) in [7, 11) is 1.92. The van der Waals surface area contributed by atoms with Crippen molar-refractivity contribution in [1.82, 2.24) is 0 Å². The SMILES string of the molecule is CCN(C)c1ccccc1N1C(=O)c2cccc(Cl)c2C1=O. The molecule has 0 unspecified atom stereocenters. The number of imide groups is 1. The van der Waals surface area contributed by atoms with Crippen LogP contribution in [-0.2, 0) is 0 Å². The van der Waals surface area contributed by atoms with Gasteiger partial charge in [-0.25, -0.2) is 4.90 Å². The number of hydrogen-bond acceptors (Lipinski definition) is 3. The van der Waals surface area contributed by atoms with Crippen LogP contribution >= 0.6 is 11.6 Å². The van der Waals surface area contributed by atoms with E-state index < -0.39 is 0 Å². The number of fused-ring (bicyclic) bond motifs is 1. The van der Waals surface area contributed by atoms with E-state index in [2.05, 4.69) is 0 Å². The van der Waals surface area contributed by atoms with Crippen molar-refractivity contribution in [3.8, 4) is 0 Å². The summed E-state index contributed by atoms with van der Waals surface area (Å²) in [5.74, 6) is -0.706. The lowest BCUT2D eigenvalue weighted by atomic mass is 10.1. The Kier molecular flexibility index (Phi) is 3.62. The van der Waals surface area contributed by atoms with E-state index in [9.17, 15) is 9.59 Å². The highest BCUT2D eigenvalue weighted by Gasteiger charge is 2.39. The van der Waals surface area contributed by atoms with Crippen LogP contribution in [0.1, 0.15) is 27.6 Å². The van der Waals surface area contributed by atoms with Gasteiger partial charge in [0.2, 0.25) is 0 Å². The molecule has 112 valence electrons. The second-order valence-electron chi connectivity index (χ2n) is 5.11. The minimum Gasteiger partial charge on any atom is -0.373 e. The van der Waals surface area contributed by atoms with Gasteiger partial charge in [-0.3, -0.25) is 9.59 Å². The number of rotatable bonds is 3. The number of benzene rings is 2. The number of carbonyl (C=O) groups excluding carboxylic acids is 2. The van der Waals surface area contributed by atoms with Crippen molar-refractivity contribution >= 4 is 34.8 Å². The van der Waals surface area contributed by atoms with Crippen molar-refractivity contribution in [1.29, 1.82) is 0 Å². The van der Waals surface area contributed by atoms with Gasteiger partial charge in [-0.15, -0.1) is 0 Å². The van der Waals surface area contributed by atoms with Gasteiger partial charge in [0.05, 0.1) is 27.5 Å². The van der Waals surface area contributed by atoms with Gasteiger partial charge in [0.25, 0.3) is 11.8 Å². The largest absolute Gasteiger partial charge is 0.373 e. The molecule has 0 aliphatic carbocycles. The van der Waals surface area contributed by atoms with Gasteiger partial charge in [-0.2, -0.15) is 0 Å². The molecule has 1 heterocycles. The Hall–Kier alpha value is -2.33. The lowest BCUT2D eigenvalue weighted by Gasteiger charge is -2.24. The summed E-state index contributed by atoms with van der Waals surface area (Å²) in [5, 5.41) is 0.305. The molecule has 22 heavy (non-hydrogen) atoms. The molecule has 0 radical (unpaired) electrons. The first kappa shape index (κ1) is 14.6. The summed E-state index contributed by atoms with van der Waals surface area (Å²) in [5.41, 5.74) is 2.04. The van der Waals surface area contributed by atoms with Crippen LogP contribution in [0.15, 0.2) is 42.5 Å². The summed E-state index contributed by atoms with van der Waals surface area (Å²) in [6.07, 6.45) is 0. The van der Waals surface area contributed by atoms with Crippen molar-refractivity contribution in [3.63, 3.8) is 0 Å². The fourth-order valence-electron chi connectivity index (χ4n) is 2.61. The van der Waals surface area contributed by atoms with Crippen molar-refractivity contribution in [3.05, 3.63) is 58.6 Å². The quantitative estimate of drug-likeness (QED) is 0.813. The maximum Gasteiger partial charge on any atom is 0.267 e. The molecule has 1 aliphatic heterocycles. The molecule has 0 aromatic heterocycles. The summed E-state index contributed by atoms with van der Waals surface area (Å²) < 4.78 is 0. The molecule has 0 spiro atoms. The molecule has 0 saturated carbocycles. The fraction of sp³-hybridized carbons (Fsp3) is 0.176. The Morgan fingerprint density at radius 2 is 1.77 bits per heavy atom. The van der Waals surface area contributed by atoms with E-state index in [0.717, 1.165) is 12.2 Å². The highest BCUT2D eigenvalue weighted by atomic mass is 35.5. The van der Waals surface area contributed by atoms with Gasteiger partial charge in [0.1, 0.15) is 0 Å². The molecule has 0 N–H and O–H groups in total. The van der Waals surface area contributed by atoms with E-state index in [-0.39, 0.29) is 17.4 Å². The number of hydrogen-bond donors (Lipinski definition) is 0. The second-order valence-corrected chi connectivity index (χ2v) is 5.52. The van der Waals surface area contributed by atoms with Gasteiger partial charge in [-0.1, -0.05) is 29.8 Å². The van der Waals surface area contributed by atoms with Gasteiger partial charge in [0, 0.05) is 13.6 Å². The number of nitrogens with zero attached hydrogens (tertiary/aromatic N) is 2. The van der Waals surface area contributed by atoms with E-state index in [1.807, 2.05) is 37.1 Å². The molecule has 5 heteroatoms. The van der Waals surface area contributed by atoms with Crippen molar-refractivity contribution in [2.45, 2.75) is 6.92 Å². The van der Waals surface area contributed by atoms with Gasteiger partial charge in [0.15, 0.2) is 0 Å². The molecule has 2 aromatic rings. The first-order valence-corrected chi connectivity index (χ1v) is 7.41. The van der Waals surface area contributed by atoms with Crippen LogP contribution in [0.4, 0.5) is 11.4 Å². The molecule has 3 rings (SSSR count). The smallest absolute Gasteiger partial charge is 0.267 e. The van der Waals surface area contributed by atoms with Crippen LogP contribution in [0.3, 0.4) is 0 Å².